The number of nitrogens with one attached hydrogen (secondary N) is 3. The van der Waals surface area contributed by atoms with Crippen molar-refractivity contribution in [2.75, 3.05) is 11.9 Å². The minimum Gasteiger partial charge on any atom is -0.349 e. The Bertz CT molecular complexity index is 1080. The van der Waals surface area contributed by atoms with Gasteiger partial charge in [-0.1, -0.05) is 42.1 Å². The molecular weight excluding hydrogens is 410 g/mol. The van der Waals surface area contributed by atoms with Gasteiger partial charge < -0.3 is 10.6 Å². The Morgan fingerprint density at radius 1 is 0.806 bits per heavy atom. The number of carbonyl (C=O) groups is 3. The fourth-order valence-electron chi connectivity index (χ4n) is 2.64. The van der Waals surface area contributed by atoms with Gasteiger partial charge in [0.1, 0.15) is 0 Å². The van der Waals surface area contributed by atoms with E-state index in [1.165, 1.54) is 11.8 Å². The molecule has 3 aromatic carbocycles. The van der Waals surface area contributed by atoms with E-state index in [-0.39, 0.29) is 5.91 Å². The van der Waals surface area contributed by atoms with E-state index in [2.05, 4.69) is 22.5 Å². The lowest BCUT2D eigenvalue weighted by Gasteiger charge is -2.08. The highest BCUT2D eigenvalue weighted by atomic mass is 32.2. The molecule has 0 atom stereocenters. The Labute approximate surface area is 184 Å². The fourth-order valence-corrected chi connectivity index (χ4v) is 3.51. The largest absolute Gasteiger partial charge is 0.349 e. The summed E-state index contributed by atoms with van der Waals surface area (Å²) < 4.78 is 0. The molecule has 0 aliphatic heterocycles. The summed E-state index contributed by atoms with van der Waals surface area (Å²) >= 11 is 1.50. The van der Waals surface area contributed by atoms with Crippen LogP contribution in [0.15, 0.2) is 101 Å². The number of rotatable bonds is 7. The second-order valence-corrected chi connectivity index (χ2v) is 7.57. The minimum atomic E-state index is -0.604. The van der Waals surface area contributed by atoms with Gasteiger partial charge in [-0.3, -0.25) is 14.9 Å². The molecule has 7 heteroatoms. The highest BCUT2D eigenvalue weighted by Crippen LogP contribution is 2.29. The maximum absolute atomic E-state index is 12.1. The van der Waals surface area contributed by atoms with E-state index in [0.717, 1.165) is 9.79 Å². The molecule has 3 N–H and O–H groups in total. The average molecular weight is 432 g/mol. The molecule has 0 bridgehead atoms. The number of imide groups is 1. The predicted octanol–water partition coefficient (Wildman–Crippen LogP) is 4.72. The predicted molar refractivity (Wildman–Crippen MR) is 122 cm³/mol. The smallest absolute Gasteiger partial charge is 0.326 e. The van der Waals surface area contributed by atoms with Gasteiger partial charge >= 0.3 is 6.03 Å². The number of anilines is 1. The third-order valence-electron chi connectivity index (χ3n) is 4.11. The van der Waals surface area contributed by atoms with Crippen LogP contribution in [-0.4, -0.2) is 24.4 Å². The first-order valence-electron chi connectivity index (χ1n) is 9.49. The number of carbonyl (C=O) groups excluding carboxylic acids is 3. The normalized spacial score (nSPS) is 10.1. The van der Waals surface area contributed by atoms with Crippen LogP contribution in [0.25, 0.3) is 0 Å². The molecule has 0 spiro atoms. The van der Waals surface area contributed by atoms with Crippen LogP contribution < -0.4 is 16.0 Å². The highest BCUT2D eigenvalue weighted by Gasteiger charge is 2.10. The summed E-state index contributed by atoms with van der Waals surface area (Å²) in [7, 11) is 0. The van der Waals surface area contributed by atoms with E-state index < -0.39 is 11.9 Å². The highest BCUT2D eigenvalue weighted by molar-refractivity contribution is 7.99. The summed E-state index contributed by atoms with van der Waals surface area (Å²) in [5.74, 6) is -0.625. The van der Waals surface area contributed by atoms with Crippen molar-refractivity contribution in [3.8, 4) is 0 Å². The van der Waals surface area contributed by atoms with Crippen LogP contribution in [0.3, 0.4) is 0 Å². The van der Waals surface area contributed by atoms with Gasteiger partial charge in [0.15, 0.2) is 0 Å². The van der Waals surface area contributed by atoms with Crippen molar-refractivity contribution < 1.29 is 14.4 Å². The van der Waals surface area contributed by atoms with Gasteiger partial charge in [0, 0.05) is 33.2 Å². The van der Waals surface area contributed by atoms with Gasteiger partial charge in [-0.25, -0.2) is 4.79 Å². The van der Waals surface area contributed by atoms with Crippen molar-refractivity contribution in [3.05, 3.63) is 103 Å². The summed E-state index contributed by atoms with van der Waals surface area (Å²) in [5.41, 5.74) is 1.54. The molecule has 0 unspecified atom stereocenters. The maximum atomic E-state index is 12.1. The molecule has 0 aliphatic rings. The third-order valence-corrected chi connectivity index (χ3v) is 5.11. The van der Waals surface area contributed by atoms with E-state index in [4.69, 9.17) is 0 Å². The van der Waals surface area contributed by atoms with Crippen molar-refractivity contribution >= 4 is 35.3 Å². The third kappa shape index (κ3) is 6.58. The standard InChI is InChI=1S/C24H21N3O3S/c1-2-15-25-22(28)18-9-6-10-21(16-18)31-20-13-11-19(12-14-20)26-24(30)27-23(29)17-7-4-3-5-8-17/h2-14,16H,1,15H2,(H,25,28)(H2,26,27,29,30). The summed E-state index contributed by atoms with van der Waals surface area (Å²) in [5, 5.41) is 7.68. The number of amides is 4. The average Bonchev–Trinajstić information content (AvgIpc) is 2.79. The van der Waals surface area contributed by atoms with Crippen molar-refractivity contribution in [2.24, 2.45) is 0 Å². The van der Waals surface area contributed by atoms with Crippen LogP contribution in [0.5, 0.6) is 0 Å². The molecule has 4 amide bonds. The van der Waals surface area contributed by atoms with E-state index in [0.29, 0.717) is 23.4 Å². The number of hydrogen-bond donors (Lipinski definition) is 3. The molecule has 156 valence electrons. The number of urea groups is 1. The topological polar surface area (TPSA) is 87.3 Å². The molecule has 0 aromatic heterocycles. The van der Waals surface area contributed by atoms with E-state index in [9.17, 15) is 14.4 Å². The van der Waals surface area contributed by atoms with Crippen molar-refractivity contribution in [1.82, 2.24) is 10.6 Å². The van der Waals surface area contributed by atoms with Gasteiger partial charge in [-0.2, -0.15) is 0 Å². The summed E-state index contributed by atoms with van der Waals surface area (Å²) in [4.78, 5) is 38.0. The lowest BCUT2D eigenvalue weighted by molar-refractivity contribution is 0.0952. The minimum absolute atomic E-state index is 0.155. The van der Waals surface area contributed by atoms with Crippen LogP contribution in [0.4, 0.5) is 10.5 Å². The molecule has 0 saturated heterocycles. The van der Waals surface area contributed by atoms with Crippen LogP contribution >= 0.6 is 11.8 Å². The molecular formula is C24H21N3O3S. The zero-order valence-electron chi connectivity index (χ0n) is 16.6. The Morgan fingerprint density at radius 3 is 2.23 bits per heavy atom. The Kier molecular flexibility index (Phi) is 7.61. The fraction of sp³-hybridized carbons (Fsp3) is 0.0417. The molecule has 3 rings (SSSR count). The maximum Gasteiger partial charge on any atom is 0.326 e. The zero-order chi connectivity index (χ0) is 22.1. The van der Waals surface area contributed by atoms with Crippen LogP contribution in [-0.2, 0) is 0 Å². The van der Waals surface area contributed by atoms with Crippen LogP contribution in [0, 0.1) is 0 Å². The quantitative estimate of drug-likeness (QED) is 0.473. The summed E-state index contributed by atoms with van der Waals surface area (Å²) in [6.45, 7) is 4.00. The molecule has 31 heavy (non-hydrogen) atoms. The van der Waals surface area contributed by atoms with E-state index >= 15 is 0 Å². The SMILES string of the molecule is C=CCNC(=O)c1cccc(Sc2ccc(NC(=O)NC(=O)c3ccccc3)cc2)c1. The Hall–Kier alpha value is -3.84. The number of benzene rings is 3. The summed E-state index contributed by atoms with van der Waals surface area (Å²) in [6, 6.07) is 22.4. The molecule has 0 heterocycles. The second-order valence-electron chi connectivity index (χ2n) is 6.43. The first kappa shape index (κ1) is 21.9. The van der Waals surface area contributed by atoms with Crippen LogP contribution in [0.1, 0.15) is 20.7 Å². The van der Waals surface area contributed by atoms with Crippen molar-refractivity contribution in [2.45, 2.75) is 9.79 Å². The summed E-state index contributed by atoms with van der Waals surface area (Å²) in [6.07, 6.45) is 1.63. The molecule has 0 radical (unpaired) electrons. The second kappa shape index (κ2) is 10.8. The van der Waals surface area contributed by atoms with Gasteiger partial charge in [0.05, 0.1) is 0 Å². The molecule has 3 aromatic rings. The monoisotopic (exact) mass is 431 g/mol. The van der Waals surface area contributed by atoms with Gasteiger partial charge in [-0.15, -0.1) is 6.58 Å². The zero-order valence-corrected chi connectivity index (χ0v) is 17.4. The van der Waals surface area contributed by atoms with E-state index in [1.54, 1.807) is 54.6 Å². The number of hydrogen-bond acceptors (Lipinski definition) is 4. The first-order chi connectivity index (χ1) is 15.0. The molecule has 6 nitrogen and oxygen atoms in total. The molecule has 0 aliphatic carbocycles. The van der Waals surface area contributed by atoms with Crippen molar-refractivity contribution in [1.29, 1.82) is 0 Å². The van der Waals surface area contributed by atoms with Crippen LogP contribution in [0.2, 0.25) is 0 Å². The van der Waals surface area contributed by atoms with Gasteiger partial charge in [-0.05, 0) is 54.6 Å². The molecule has 0 saturated carbocycles. The van der Waals surface area contributed by atoms with Gasteiger partial charge in [0.25, 0.3) is 11.8 Å². The van der Waals surface area contributed by atoms with Crippen molar-refractivity contribution in [3.63, 3.8) is 0 Å². The van der Waals surface area contributed by atoms with Gasteiger partial charge in [0.2, 0.25) is 0 Å². The Balaban J connectivity index is 1.57. The Morgan fingerprint density at radius 2 is 1.52 bits per heavy atom. The first-order valence-corrected chi connectivity index (χ1v) is 10.3. The van der Waals surface area contributed by atoms with E-state index in [1.807, 2.05) is 30.3 Å². The lowest BCUT2D eigenvalue weighted by Crippen LogP contribution is -2.34. The lowest BCUT2D eigenvalue weighted by atomic mass is 10.2. The molecule has 0 fully saturated rings.